The number of nitrogens with two attached hydrogens (primary N) is 1. The van der Waals surface area contributed by atoms with Gasteiger partial charge < -0.3 is 20.3 Å². The molecule has 1 saturated heterocycles. The van der Waals surface area contributed by atoms with Crippen molar-refractivity contribution in [2.75, 3.05) is 30.8 Å². The molecular weight excluding hydrogens is 498 g/mol. The lowest BCUT2D eigenvalue weighted by Crippen LogP contribution is -2.64. The van der Waals surface area contributed by atoms with Crippen molar-refractivity contribution < 1.29 is 23.1 Å². The molecule has 1 aromatic carbocycles. The Kier molecular flexibility index (Phi) is 6.00. The second kappa shape index (κ2) is 9.08. The van der Waals surface area contributed by atoms with E-state index >= 15 is 0 Å². The Balaban J connectivity index is 1.65. The van der Waals surface area contributed by atoms with Crippen LogP contribution in [0, 0.1) is 0 Å². The summed E-state index contributed by atoms with van der Waals surface area (Å²) in [5, 5.41) is 8.09. The maximum absolute atomic E-state index is 13.5. The van der Waals surface area contributed by atoms with E-state index in [2.05, 4.69) is 15.2 Å². The number of carbonyl (C=O) groups is 2. The second-order valence-corrected chi connectivity index (χ2v) is 9.41. The first-order valence-electron chi connectivity index (χ1n) is 11.8. The van der Waals surface area contributed by atoms with Crippen molar-refractivity contribution in [1.29, 1.82) is 0 Å². The van der Waals surface area contributed by atoms with Crippen LogP contribution in [0.4, 0.5) is 20.3 Å². The highest BCUT2D eigenvalue weighted by atomic mass is 19.3. The summed E-state index contributed by atoms with van der Waals surface area (Å²) < 4.78 is 34.1. The van der Waals surface area contributed by atoms with Gasteiger partial charge >= 0.3 is 6.55 Å². The number of hydrogen-bond acceptors (Lipinski definition) is 7. The SMILES string of the molecule is COc1ccc(-c2cc(-c3cnn(C(F)F)c3)c3c(N)ncnn23)cc1N1CCN(C(C)=O)C(C)(C)C1=O. The summed E-state index contributed by atoms with van der Waals surface area (Å²) in [6.45, 7) is 2.72. The minimum Gasteiger partial charge on any atom is -0.495 e. The first kappa shape index (κ1) is 25.1. The Labute approximate surface area is 216 Å². The van der Waals surface area contributed by atoms with Crippen molar-refractivity contribution in [3.05, 3.63) is 43.0 Å². The number of alkyl halides is 2. The van der Waals surface area contributed by atoms with Gasteiger partial charge in [-0.05, 0) is 38.1 Å². The monoisotopic (exact) mass is 524 g/mol. The summed E-state index contributed by atoms with van der Waals surface area (Å²) in [4.78, 5) is 32.9. The fourth-order valence-corrected chi connectivity index (χ4v) is 4.95. The van der Waals surface area contributed by atoms with Gasteiger partial charge in [0.05, 0.1) is 24.7 Å². The first-order chi connectivity index (χ1) is 18.0. The Morgan fingerprint density at radius 1 is 1.16 bits per heavy atom. The highest BCUT2D eigenvalue weighted by Crippen LogP contribution is 2.40. The Morgan fingerprint density at radius 2 is 1.92 bits per heavy atom. The summed E-state index contributed by atoms with van der Waals surface area (Å²) in [7, 11) is 1.51. The molecule has 4 heterocycles. The summed E-state index contributed by atoms with van der Waals surface area (Å²) >= 11 is 0. The quantitative estimate of drug-likeness (QED) is 0.425. The van der Waals surface area contributed by atoms with Gasteiger partial charge in [0.25, 0.3) is 5.91 Å². The molecule has 198 valence electrons. The lowest BCUT2D eigenvalue weighted by Gasteiger charge is -2.45. The minimum absolute atomic E-state index is 0.164. The number of fused-ring (bicyclic) bond motifs is 1. The molecule has 0 aliphatic carbocycles. The fourth-order valence-electron chi connectivity index (χ4n) is 4.95. The number of nitrogen functional groups attached to an aromatic ring is 1. The van der Waals surface area contributed by atoms with E-state index < -0.39 is 12.1 Å². The van der Waals surface area contributed by atoms with Crippen LogP contribution in [0.15, 0.2) is 43.0 Å². The van der Waals surface area contributed by atoms with Crippen molar-refractivity contribution in [2.45, 2.75) is 32.9 Å². The average molecular weight is 525 g/mol. The number of carbonyl (C=O) groups excluding carboxylic acids is 2. The molecule has 0 atom stereocenters. The Bertz CT molecular complexity index is 1560. The van der Waals surface area contributed by atoms with E-state index in [1.54, 1.807) is 52.4 Å². The zero-order valence-electron chi connectivity index (χ0n) is 21.2. The number of methoxy groups -OCH3 is 1. The second-order valence-electron chi connectivity index (χ2n) is 9.41. The number of anilines is 2. The maximum atomic E-state index is 13.5. The van der Waals surface area contributed by atoms with Gasteiger partial charge in [0, 0.05) is 42.9 Å². The zero-order chi connectivity index (χ0) is 27.4. The van der Waals surface area contributed by atoms with Crippen molar-refractivity contribution in [2.24, 2.45) is 0 Å². The predicted molar refractivity (Wildman–Crippen MR) is 136 cm³/mol. The van der Waals surface area contributed by atoms with E-state index in [9.17, 15) is 18.4 Å². The molecule has 0 saturated carbocycles. The van der Waals surface area contributed by atoms with Gasteiger partial charge in [-0.1, -0.05) is 0 Å². The van der Waals surface area contributed by atoms with Crippen LogP contribution in [0.3, 0.4) is 0 Å². The molecule has 13 heteroatoms. The van der Waals surface area contributed by atoms with Crippen LogP contribution >= 0.6 is 0 Å². The van der Waals surface area contributed by atoms with E-state index in [1.165, 1.54) is 32.8 Å². The van der Waals surface area contributed by atoms with Crippen molar-refractivity contribution in [3.8, 4) is 28.1 Å². The average Bonchev–Trinajstić information content (AvgIpc) is 3.51. The van der Waals surface area contributed by atoms with E-state index in [4.69, 9.17) is 10.5 Å². The Morgan fingerprint density at radius 3 is 2.58 bits per heavy atom. The molecule has 3 aromatic heterocycles. The predicted octanol–water partition coefficient (Wildman–Crippen LogP) is 3.22. The molecule has 0 unspecified atom stereocenters. The number of amides is 2. The molecule has 0 bridgehead atoms. The van der Waals surface area contributed by atoms with Gasteiger partial charge in [0.1, 0.15) is 23.1 Å². The van der Waals surface area contributed by atoms with Crippen molar-refractivity contribution >= 4 is 28.8 Å². The number of rotatable bonds is 5. The molecule has 2 amide bonds. The third-order valence-electron chi connectivity index (χ3n) is 6.83. The first-order valence-corrected chi connectivity index (χ1v) is 11.8. The molecule has 1 aliphatic rings. The van der Waals surface area contributed by atoms with Crippen LogP contribution in [0.5, 0.6) is 5.75 Å². The van der Waals surface area contributed by atoms with Gasteiger partial charge in [0.2, 0.25) is 5.91 Å². The summed E-state index contributed by atoms with van der Waals surface area (Å²) in [6, 6.07) is 7.10. The van der Waals surface area contributed by atoms with E-state index in [-0.39, 0.29) is 24.2 Å². The number of hydrogen-bond donors (Lipinski definition) is 1. The van der Waals surface area contributed by atoms with Gasteiger partial charge in [-0.2, -0.15) is 19.0 Å². The minimum atomic E-state index is -2.79. The number of piperazine rings is 1. The van der Waals surface area contributed by atoms with Crippen LogP contribution in [0.25, 0.3) is 27.9 Å². The van der Waals surface area contributed by atoms with Gasteiger partial charge in [0.15, 0.2) is 5.82 Å². The van der Waals surface area contributed by atoms with Gasteiger partial charge in [-0.15, -0.1) is 0 Å². The number of nitrogens with zero attached hydrogens (tertiary/aromatic N) is 7. The Hall–Kier alpha value is -4.55. The number of ether oxygens (including phenoxy) is 1. The molecule has 2 N–H and O–H groups in total. The van der Waals surface area contributed by atoms with Gasteiger partial charge in [-0.3, -0.25) is 9.59 Å². The van der Waals surface area contributed by atoms with Crippen LogP contribution < -0.4 is 15.4 Å². The third-order valence-corrected chi connectivity index (χ3v) is 6.83. The molecule has 0 radical (unpaired) electrons. The van der Waals surface area contributed by atoms with Crippen LogP contribution in [0.2, 0.25) is 0 Å². The van der Waals surface area contributed by atoms with Crippen LogP contribution in [-0.2, 0) is 9.59 Å². The van der Waals surface area contributed by atoms with E-state index in [0.29, 0.717) is 50.6 Å². The molecule has 4 aromatic rings. The molecule has 11 nitrogen and oxygen atoms in total. The van der Waals surface area contributed by atoms with Gasteiger partial charge in [-0.25, -0.2) is 14.2 Å². The number of aromatic nitrogens is 5. The lowest BCUT2D eigenvalue weighted by molar-refractivity contribution is -0.145. The molecule has 5 rings (SSSR count). The smallest absolute Gasteiger partial charge is 0.333 e. The largest absolute Gasteiger partial charge is 0.495 e. The topological polar surface area (TPSA) is 124 Å². The fraction of sp³-hybridized carbons (Fsp3) is 0.320. The molecule has 1 fully saturated rings. The number of benzene rings is 1. The molecule has 38 heavy (non-hydrogen) atoms. The van der Waals surface area contributed by atoms with Crippen LogP contribution in [0.1, 0.15) is 27.3 Å². The molecule has 0 spiro atoms. The summed E-state index contributed by atoms with van der Waals surface area (Å²) in [6.07, 6.45) is 3.85. The summed E-state index contributed by atoms with van der Waals surface area (Å²) in [5.74, 6) is 0.212. The zero-order valence-corrected chi connectivity index (χ0v) is 21.2. The summed E-state index contributed by atoms with van der Waals surface area (Å²) in [5.41, 5.74) is 8.28. The van der Waals surface area contributed by atoms with Crippen LogP contribution in [-0.4, -0.2) is 66.8 Å². The van der Waals surface area contributed by atoms with E-state index in [1.807, 2.05) is 0 Å². The standard InChI is InChI=1S/C25H26F2N8O3/c1-14(36)33-8-7-32(23(37)25(33,2)3)19-9-15(5-6-20(19)38-4)18-10-17(16-11-30-34(12-16)24(26)27)21-22(28)29-13-31-35(18)21/h5-6,9-13,24H,7-8H2,1-4H3,(H2,28,29,31). The normalized spacial score (nSPS) is 15.5. The molecular formula is C25H26F2N8O3. The van der Waals surface area contributed by atoms with Crippen molar-refractivity contribution in [1.82, 2.24) is 29.3 Å². The molecule has 1 aliphatic heterocycles. The van der Waals surface area contributed by atoms with Crippen molar-refractivity contribution in [3.63, 3.8) is 0 Å². The highest BCUT2D eigenvalue weighted by molar-refractivity contribution is 6.04. The maximum Gasteiger partial charge on any atom is 0.333 e. The number of halogens is 2. The lowest BCUT2D eigenvalue weighted by atomic mass is 9.96. The van der Waals surface area contributed by atoms with E-state index in [0.717, 1.165) is 0 Å². The highest BCUT2D eigenvalue weighted by Gasteiger charge is 2.44. The third kappa shape index (κ3) is 3.90.